The zero-order valence-corrected chi connectivity index (χ0v) is 25.4. The topological polar surface area (TPSA) is 90.9 Å². The van der Waals surface area contributed by atoms with Crippen LogP contribution in [0.3, 0.4) is 0 Å². The highest BCUT2D eigenvalue weighted by Crippen LogP contribution is 2.32. The summed E-state index contributed by atoms with van der Waals surface area (Å²) in [6.07, 6.45) is -4.55. The molecule has 7 nitrogen and oxygen atoms in total. The first-order valence-corrected chi connectivity index (χ1v) is 14.3. The van der Waals surface area contributed by atoms with Crippen molar-refractivity contribution in [3.05, 3.63) is 64.7 Å². The van der Waals surface area contributed by atoms with Gasteiger partial charge in [-0.25, -0.2) is 9.18 Å². The number of halogens is 5. The van der Waals surface area contributed by atoms with Gasteiger partial charge in [-0.15, -0.1) is 0 Å². The number of benzene rings is 2. The second-order valence-electron chi connectivity index (χ2n) is 12.7. The van der Waals surface area contributed by atoms with Gasteiger partial charge in [0.1, 0.15) is 12.7 Å². The van der Waals surface area contributed by atoms with Gasteiger partial charge in [-0.3, -0.25) is 9.59 Å². The molecule has 0 bridgehead atoms. The van der Waals surface area contributed by atoms with Crippen molar-refractivity contribution in [1.82, 2.24) is 5.32 Å². The van der Waals surface area contributed by atoms with E-state index in [4.69, 9.17) is 9.47 Å². The minimum atomic E-state index is -5.35. The molecule has 1 aliphatic rings. The fraction of sp³-hybridized carbons (Fsp3) is 0.531. The van der Waals surface area contributed by atoms with E-state index in [-0.39, 0.29) is 30.7 Å². The number of nitrogens with one attached hydrogen (secondary N) is 1. The molecule has 1 atom stereocenters. The summed E-state index contributed by atoms with van der Waals surface area (Å²) in [6, 6.07) is 10.1. The molecule has 0 saturated carbocycles. The average molecular weight is 628 g/mol. The molecule has 3 rings (SSSR count). The Morgan fingerprint density at radius 1 is 0.955 bits per heavy atom. The van der Waals surface area contributed by atoms with Crippen LogP contribution < -0.4 is 10.1 Å². The largest absolute Gasteiger partial charge is 0.491 e. The smallest absolute Gasteiger partial charge is 0.486 e. The highest BCUT2D eigenvalue weighted by molar-refractivity contribution is 5.88. The summed E-state index contributed by atoms with van der Waals surface area (Å²) < 4.78 is 80.8. The fourth-order valence-corrected chi connectivity index (χ4v) is 4.95. The van der Waals surface area contributed by atoms with E-state index in [0.29, 0.717) is 5.92 Å². The molecule has 2 aromatic rings. The Balaban J connectivity index is 1.64. The van der Waals surface area contributed by atoms with Crippen molar-refractivity contribution in [1.29, 1.82) is 0 Å². The third kappa shape index (κ3) is 10.3. The van der Waals surface area contributed by atoms with Crippen molar-refractivity contribution >= 4 is 17.9 Å². The van der Waals surface area contributed by atoms with Gasteiger partial charge in [-0.1, -0.05) is 24.3 Å². The Hall–Kier alpha value is -3.54. The normalized spacial score (nSPS) is 14.6. The van der Waals surface area contributed by atoms with Crippen LogP contribution in [-0.4, -0.2) is 48.9 Å². The number of alkyl halides is 3. The second-order valence-corrected chi connectivity index (χ2v) is 12.7. The molecule has 44 heavy (non-hydrogen) atoms. The summed E-state index contributed by atoms with van der Waals surface area (Å²) in [7, 11) is 0. The van der Waals surface area contributed by atoms with E-state index >= 15 is 0 Å². The van der Waals surface area contributed by atoms with Crippen molar-refractivity contribution in [2.75, 3.05) is 13.2 Å². The number of carbonyl (C=O) groups is 3. The van der Waals surface area contributed by atoms with E-state index in [1.54, 1.807) is 20.8 Å². The molecule has 0 fully saturated rings. The number of aryl methyl sites for hydroxylation is 1. The zero-order chi connectivity index (χ0) is 32.9. The van der Waals surface area contributed by atoms with Crippen LogP contribution in [0.25, 0.3) is 0 Å². The van der Waals surface area contributed by atoms with Gasteiger partial charge in [0.05, 0.1) is 11.8 Å². The molecular formula is C32H38F5NO6. The quantitative estimate of drug-likeness (QED) is 0.174. The van der Waals surface area contributed by atoms with E-state index in [0.717, 1.165) is 31.4 Å². The van der Waals surface area contributed by atoms with Crippen LogP contribution >= 0.6 is 0 Å². The van der Waals surface area contributed by atoms with E-state index < -0.39 is 59.4 Å². The first kappa shape index (κ1) is 34.9. The summed E-state index contributed by atoms with van der Waals surface area (Å²) in [5, 5.41) is 3.42. The van der Waals surface area contributed by atoms with Crippen molar-refractivity contribution in [3.8, 4) is 5.75 Å². The van der Waals surface area contributed by atoms with Crippen LogP contribution in [0.4, 0.5) is 22.0 Å². The average Bonchev–Trinajstić information content (AvgIpc) is 3.31. The monoisotopic (exact) mass is 627 g/mol. The molecule has 2 aromatic carbocycles. The highest BCUT2D eigenvalue weighted by Gasteiger charge is 2.42. The van der Waals surface area contributed by atoms with Gasteiger partial charge in [-0.2, -0.15) is 17.6 Å². The molecule has 0 aromatic heterocycles. The Morgan fingerprint density at radius 2 is 1.57 bits per heavy atom. The van der Waals surface area contributed by atoms with Gasteiger partial charge in [0.25, 0.3) is 0 Å². The van der Waals surface area contributed by atoms with Crippen LogP contribution in [0.2, 0.25) is 0 Å². The molecule has 0 saturated heterocycles. The fourth-order valence-electron chi connectivity index (χ4n) is 4.95. The van der Waals surface area contributed by atoms with E-state index in [1.807, 2.05) is 26.0 Å². The second kappa shape index (κ2) is 14.0. The van der Waals surface area contributed by atoms with Crippen molar-refractivity contribution in [3.63, 3.8) is 0 Å². The number of rotatable bonds is 12. The lowest BCUT2D eigenvalue weighted by Crippen LogP contribution is -2.47. The molecule has 0 aliphatic heterocycles. The maximum absolute atomic E-state index is 14.6. The Labute approximate surface area is 253 Å². The van der Waals surface area contributed by atoms with Crippen LogP contribution in [0.1, 0.15) is 64.2 Å². The van der Waals surface area contributed by atoms with Crippen LogP contribution in [-0.2, 0) is 43.1 Å². The summed E-state index contributed by atoms with van der Waals surface area (Å²) in [5.74, 6) is -7.45. The van der Waals surface area contributed by atoms with Crippen LogP contribution in [0.5, 0.6) is 5.75 Å². The Kier molecular flexibility index (Phi) is 11.2. The zero-order valence-electron chi connectivity index (χ0n) is 25.4. The molecule has 0 spiro atoms. The predicted molar refractivity (Wildman–Crippen MR) is 151 cm³/mol. The lowest BCUT2D eigenvalue weighted by atomic mass is 9.88. The van der Waals surface area contributed by atoms with E-state index in [9.17, 15) is 36.3 Å². The first-order valence-electron chi connectivity index (χ1n) is 14.3. The molecule has 0 radical (unpaired) electrons. The van der Waals surface area contributed by atoms with E-state index in [2.05, 4.69) is 22.2 Å². The molecule has 0 unspecified atom stereocenters. The van der Waals surface area contributed by atoms with E-state index in [1.165, 1.54) is 11.1 Å². The molecule has 12 heteroatoms. The third-order valence-electron chi connectivity index (χ3n) is 7.16. The van der Waals surface area contributed by atoms with Gasteiger partial charge in [-0.05, 0) is 95.0 Å². The van der Waals surface area contributed by atoms with Gasteiger partial charge in [0, 0.05) is 12.1 Å². The lowest BCUT2D eigenvalue weighted by Gasteiger charge is -2.32. The number of hydrogen-bond donors (Lipinski definition) is 1. The maximum Gasteiger partial charge on any atom is 0.491 e. The Morgan fingerprint density at radius 3 is 2.14 bits per heavy atom. The number of fused-ring (bicyclic) bond motifs is 1. The summed E-state index contributed by atoms with van der Waals surface area (Å²) >= 11 is 0. The van der Waals surface area contributed by atoms with Gasteiger partial charge in [0.15, 0.2) is 11.6 Å². The van der Waals surface area contributed by atoms with Gasteiger partial charge < -0.3 is 19.5 Å². The number of carbonyl (C=O) groups excluding carboxylic acids is 3. The highest BCUT2D eigenvalue weighted by atomic mass is 19.4. The molecule has 242 valence electrons. The van der Waals surface area contributed by atoms with Gasteiger partial charge >= 0.3 is 24.1 Å². The molecule has 1 aliphatic carbocycles. The molecular weight excluding hydrogens is 589 g/mol. The summed E-state index contributed by atoms with van der Waals surface area (Å²) in [6.45, 7) is 8.90. The third-order valence-corrected chi connectivity index (χ3v) is 7.16. The number of esters is 3. The molecule has 0 amide bonds. The number of hydrogen-bond acceptors (Lipinski definition) is 7. The van der Waals surface area contributed by atoms with Crippen molar-refractivity contribution in [2.24, 2.45) is 11.3 Å². The minimum absolute atomic E-state index is 0.00959. The summed E-state index contributed by atoms with van der Waals surface area (Å²) in [5.41, 5.74) is 1.47. The summed E-state index contributed by atoms with van der Waals surface area (Å²) in [4.78, 5) is 35.2. The molecule has 0 heterocycles. The SMILES string of the molecule is CC(C)(CC1Cc2ccccc2C1)NC[C@@H](COc1cc(CCC(=O)OC(=O)C(F)(F)F)cc(F)c1F)OC(=O)C(C)(C)C. The van der Waals surface area contributed by atoms with Gasteiger partial charge in [0.2, 0.25) is 5.82 Å². The predicted octanol–water partition coefficient (Wildman–Crippen LogP) is 6.04. The standard InChI is InChI=1S/C32H38F5NO6/c1-30(2,3)28(40)43-23(17-38-31(4,5)16-20-12-21-8-6-7-9-22(21)13-20)18-42-25-15-19(14-24(33)27(25)34)10-11-26(39)44-29(41)32(35,36)37/h6-9,14-15,20,23,38H,10-13,16-18H2,1-5H3/t23-/m0/s1. The first-order chi connectivity index (χ1) is 20.3. The minimum Gasteiger partial charge on any atom is -0.486 e. The molecule has 1 N–H and O–H groups in total. The van der Waals surface area contributed by atoms with Crippen molar-refractivity contribution in [2.45, 2.75) is 84.5 Å². The maximum atomic E-state index is 14.6. The Bertz CT molecular complexity index is 1330. The van der Waals surface area contributed by atoms with Crippen LogP contribution in [0, 0.1) is 23.0 Å². The van der Waals surface area contributed by atoms with Crippen LogP contribution in [0.15, 0.2) is 36.4 Å². The lowest BCUT2D eigenvalue weighted by molar-refractivity contribution is -0.201. The number of ether oxygens (including phenoxy) is 3. The van der Waals surface area contributed by atoms with Crippen molar-refractivity contribution < 1.29 is 50.5 Å².